The standard InChI is InChI=1S/C35H64N4O5/c1-6-7-8-9-10-11-12-13-14-15-16-17-18-19-20-23-37-33(42)39-26-21-25-38(27-28-39)30(40)22-24-36-32(41)31-34(2,3)29-43-35(4,5)44-31/h13-14,31H,6-12,15-29H2,1-5H3,(H,36,41)(H,37,42). The van der Waals surface area contributed by atoms with Crippen molar-refractivity contribution in [3.05, 3.63) is 12.2 Å². The molecule has 2 aliphatic rings. The zero-order valence-corrected chi connectivity index (χ0v) is 28.7. The molecule has 2 aliphatic heterocycles. The number of nitrogens with zero attached hydrogens (tertiary/aromatic N) is 2. The third-order valence-corrected chi connectivity index (χ3v) is 8.63. The van der Waals surface area contributed by atoms with Crippen molar-refractivity contribution in [1.29, 1.82) is 0 Å². The van der Waals surface area contributed by atoms with Gasteiger partial charge >= 0.3 is 6.03 Å². The van der Waals surface area contributed by atoms with Gasteiger partial charge in [0.25, 0.3) is 0 Å². The molecule has 0 saturated carbocycles. The van der Waals surface area contributed by atoms with Crippen molar-refractivity contribution < 1.29 is 23.9 Å². The molecule has 0 aromatic rings. The number of hydrogen-bond donors (Lipinski definition) is 2. The number of hydrogen-bond acceptors (Lipinski definition) is 5. The van der Waals surface area contributed by atoms with Crippen LogP contribution in [0.25, 0.3) is 0 Å². The van der Waals surface area contributed by atoms with E-state index in [1.54, 1.807) is 18.7 Å². The zero-order chi connectivity index (χ0) is 32.3. The Morgan fingerprint density at radius 2 is 1.34 bits per heavy atom. The number of rotatable bonds is 19. The van der Waals surface area contributed by atoms with Crippen molar-refractivity contribution in [3.63, 3.8) is 0 Å². The second-order valence-corrected chi connectivity index (χ2v) is 13.8. The molecule has 1 atom stereocenters. The summed E-state index contributed by atoms with van der Waals surface area (Å²) in [6, 6.07) is -0.0379. The first kappa shape index (κ1) is 38.1. The maximum Gasteiger partial charge on any atom is 0.317 e. The number of urea groups is 1. The molecular weight excluding hydrogens is 556 g/mol. The molecule has 2 saturated heterocycles. The Morgan fingerprint density at radius 3 is 2.02 bits per heavy atom. The van der Waals surface area contributed by atoms with Crippen molar-refractivity contribution in [2.24, 2.45) is 5.41 Å². The molecule has 0 radical (unpaired) electrons. The monoisotopic (exact) mass is 620 g/mol. The Hall–Kier alpha value is -2.13. The van der Waals surface area contributed by atoms with Crippen LogP contribution < -0.4 is 10.6 Å². The second-order valence-electron chi connectivity index (χ2n) is 13.8. The number of nitrogens with one attached hydrogen (secondary N) is 2. The van der Waals surface area contributed by atoms with E-state index in [2.05, 4.69) is 29.7 Å². The first-order chi connectivity index (χ1) is 21.1. The molecule has 0 aliphatic carbocycles. The lowest BCUT2D eigenvalue weighted by atomic mass is 9.85. The van der Waals surface area contributed by atoms with Gasteiger partial charge in [-0.05, 0) is 52.4 Å². The fourth-order valence-electron chi connectivity index (χ4n) is 5.74. The summed E-state index contributed by atoms with van der Waals surface area (Å²) in [7, 11) is 0. The van der Waals surface area contributed by atoms with Gasteiger partial charge in [0.1, 0.15) is 6.10 Å². The number of unbranched alkanes of at least 4 members (excludes halogenated alkanes) is 11. The molecule has 9 heteroatoms. The minimum atomic E-state index is -0.818. The molecule has 2 heterocycles. The van der Waals surface area contributed by atoms with E-state index in [-0.39, 0.29) is 30.8 Å². The first-order valence-corrected chi connectivity index (χ1v) is 17.6. The van der Waals surface area contributed by atoms with Crippen LogP contribution in [-0.4, -0.2) is 85.4 Å². The summed E-state index contributed by atoms with van der Waals surface area (Å²) in [6.07, 6.45) is 21.4. The van der Waals surface area contributed by atoms with E-state index in [1.807, 2.05) is 18.7 Å². The lowest BCUT2D eigenvalue weighted by molar-refractivity contribution is -0.304. The van der Waals surface area contributed by atoms with Crippen molar-refractivity contribution >= 4 is 17.8 Å². The smallest absolute Gasteiger partial charge is 0.317 e. The molecule has 1 unspecified atom stereocenters. The summed E-state index contributed by atoms with van der Waals surface area (Å²) in [5.74, 6) is -1.04. The van der Waals surface area contributed by atoms with Crippen molar-refractivity contribution in [1.82, 2.24) is 20.4 Å². The van der Waals surface area contributed by atoms with Crippen molar-refractivity contribution in [2.75, 3.05) is 45.9 Å². The molecular formula is C35H64N4O5. The lowest BCUT2D eigenvalue weighted by Crippen LogP contribution is -2.56. The van der Waals surface area contributed by atoms with Gasteiger partial charge in [-0.15, -0.1) is 0 Å². The number of allylic oxidation sites excluding steroid dienone is 2. The third-order valence-electron chi connectivity index (χ3n) is 8.63. The average molecular weight is 621 g/mol. The molecule has 2 rings (SSSR count). The Kier molecular flexibility index (Phi) is 18.0. The first-order valence-electron chi connectivity index (χ1n) is 17.6. The van der Waals surface area contributed by atoms with E-state index < -0.39 is 17.3 Å². The van der Waals surface area contributed by atoms with Crippen LogP contribution in [0.1, 0.15) is 131 Å². The summed E-state index contributed by atoms with van der Waals surface area (Å²) in [5, 5.41) is 5.94. The average Bonchev–Trinajstić information content (AvgIpc) is 3.25. The van der Waals surface area contributed by atoms with Crippen LogP contribution in [0.2, 0.25) is 0 Å². The van der Waals surface area contributed by atoms with E-state index in [1.165, 1.54) is 70.6 Å². The van der Waals surface area contributed by atoms with Gasteiger partial charge in [-0.1, -0.05) is 84.3 Å². The number of amides is 4. The van der Waals surface area contributed by atoms with E-state index >= 15 is 0 Å². The van der Waals surface area contributed by atoms with Gasteiger partial charge in [-0.25, -0.2) is 4.79 Å². The normalized spacial score (nSPS) is 20.0. The van der Waals surface area contributed by atoms with Crippen LogP contribution in [0.3, 0.4) is 0 Å². The maximum absolute atomic E-state index is 12.9. The Balaban J connectivity index is 1.51. The highest BCUT2D eigenvalue weighted by Crippen LogP contribution is 2.34. The van der Waals surface area contributed by atoms with Crippen LogP contribution in [0, 0.1) is 5.41 Å². The number of ether oxygens (including phenoxy) is 2. The van der Waals surface area contributed by atoms with Gasteiger partial charge in [0.05, 0.1) is 6.61 Å². The van der Waals surface area contributed by atoms with Gasteiger partial charge in [-0.2, -0.15) is 0 Å². The van der Waals surface area contributed by atoms with E-state index in [0.29, 0.717) is 39.3 Å². The minimum absolute atomic E-state index is 0.00617. The summed E-state index contributed by atoms with van der Waals surface area (Å²) >= 11 is 0. The Bertz CT molecular complexity index is 875. The highest BCUT2D eigenvalue weighted by molar-refractivity contribution is 5.83. The zero-order valence-electron chi connectivity index (χ0n) is 28.7. The van der Waals surface area contributed by atoms with Crippen molar-refractivity contribution in [2.45, 2.75) is 143 Å². The van der Waals surface area contributed by atoms with Crippen LogP contribution in [0.15, 0.2) is 12.2 Å². The van der Waals surface area contributed by atoms with E-state index in [4.69, 9.17) is 9.47 Å². The fraction of sp³-hybridized carbons (Fsp3) is 0.857. The summed E-state index contributed by atoms with van der Waals surface area (Å²) in [4.78, 5) is 42.0. The van der Waals surface area contributed by atoms with Crippen LogP contribution in [0.5, 0.6) is 0 Å². The Morgan fingerprint density at radius 1 is 0.750 bits per heavy atom. The highest BCUT2D eigenvalue weighted by Gasteiger charge is 2.45. The van der Waals surface area contributed by atoms with E-state index in [9.17, 15) is 14.4 Å². The molecule has 2 fully saturated rings. The molecule has 0 spiro atoms. The molecule has 9 nitrogen and oxygen atoms in total. The Labute approximate surface area is 268 Å². The molecule has 4 amide bonds. The predicted octanol–water partition coefficient (Wildman–Crippen LogP) is 6.56. The molecule has 0 aromatic heterocycles. The van der Waals surface area contributed by atoms with Gasteiger partial charge in [0.2, 0.25) is 11.8 Å². The van der Waals surface area contributed by atoms with Crippen LogP contribution in [0.4, 0.5) is 4.79 Å². The molecule has 44 heavy (non-hydrogen) atoms. The molecule has 254 valence electrons. The van der Waals surface area contributed by atoms with Crippen molar-refractivity contribution in [3.8, 4) is 0 Å². The topological polar surface area (TPSA) is 100 Å². The quantitative estimate of drug-likeness (QED) is 0.126. The lowest BCUT2D eigenvalue weighted by Gasteiger charge is -2.44. The van der Waals surface area contributed by atoms with Gasteiger partial charge in [0, 0.05) is 51.1 Å². The number of carbonyl (C=O) groups excluding carboxylic acids is 3. The maximum atomic E-state index is 12.9. The van der Waals surface area contributed by atoms with E-state index in [0.717, 1.165) is 19.3 Å². The molecule has 2 N–H and O–H groups in total. The van der Waals surface area contributed by atoms with Crippen LogP contribution >= 0.6 is 0 Å². The third kappa shape index (κ3) is 15.2. The summed E-state index contributed by atoms with van der Waals surface area (Å²) < 4.78 is 11.6. The predicted molar refractivity (Wildman–Crippen MR) is 177 cm³/mol. The van der Waals surface area contributed by atoms with Gasteiger partial charge < -0.3 is 29.9 Å². The van der Waals surface area contributed by atoms with Gasteiger partial charge in [-0.3, -0.25) is 9.59 Å². The number of carbonyl (C=O) groups is 3. The second kappa shape index (κ2) is 20.8. The minimum Gasteiger partial charge on any atom is -0.353 e. The molecule has 0 aromatic carbocycles. The summed E-state index contributed by atoms with van der Waals surface area (Å²) in [5.41, 5.74) is -0.456. The SMILES string of the molecule is CCCCCCCCC=CCCCCCCCNC(=O)N1CCCN(C(=O)CCNC(=O)C2OC(C)(C)OCC2(C)C)CC1. The largest absolute Gasteiger partial charge is 0.353 e. The highest BCUT2D eigenvalue weighted by atomic mass is 16.7. The van der Waals surface area contributed by atoms with Crippen LogP contribution in [-0.2, 0) is 19.1 Å². The molecule has 0 bridgehead atoms. The fourth-order valence-corrected chi connectivity index (χ4v) is 5.74. The summed E-state index contributed by atoms with van der Waals surface area (Å²) in [6.45, 7) is 13.4. The van der Waals surface area contributed by atoms with Gasteiger partial charge in [0.15, 0.2) is 5.79 Å².